The largest absolute Gasteiger partial charge is 0.483 e. The predicted octanol–water partition coefficient (Wildman–Crippen LogP) is 7.19. The van der Waals surface area contributed by atoms with E-state index in [0.29, 0.717) is 16.5 Å². The van der Waals surface area contributed by atoms with Gasteiger partial charge in [0.25, 0.3) is 5.91 Å². The SMILES string of the molecule is Cc1ccc(C)c(N=Cc2c(OCC(=O)Nc3ccc(C)c(Cl)c3)ccc3ccccc23)c1. The van der Waals surface area contributed by atoms with Crippen LogP contribution in [0.5, 0.6) is 5.75 Å². The van der Waals surface area contributed by atoms with E-state index in [9.17, 15) is 4.79 Å². The summed E-state index contributed by atoms with van der Waals surface area (Å²) in [5.74, 6) is 0.334. The Kier molecular flexibility index (Phi) is 6.76. The maximum Gasteiger partial charge on any atom is 0.262 e. The number of rotatable bonds is 6. The highest BCUT2D eigenvalue weighted by atomic mass is 35.5. The van der Waals surface area contributed by atoms with Crippen LogP contribution >= 0.6 is 11.6 Å². The van der Waals surface area contributed by atoms with Crippen LogP contribution in [-0.2, 0) is 4.79 Å². The molecule has 0 aromatic heterocycles. The minimum absolute atomic E-state index is 0.131. The summed E-state index contributed by atoms with van der Waals surface area (Å²) in [5, 5.41) is 5.52. The van der Waals surface area contributed by atoms with Gasteiger partial charge >= 0.3 is 0 Å². The summed E-state index contributed by atoms with van der Waals surface area (Å²) in [6.07, 6.45) is 1.82. The van der Waals surface area contributed by atoms with Crippen molar-refractivity contribution in [3.8, 4) is 5.75 Å². The first-order valence-corrected chi connectivity index (χ1v) is 11.1. The molecule has 0 atom stereocenters. The molecular weight excluding hydrogens is 432 g/mol. The number of ether oxygens (including phenoxy) is 1. The van der Waals surface area contributed by atoms with E-state index in [1.165, 1.54) is 0 Å². The lowest BCUT2D eigenvalue weighted by molar-refractivity contribution is -0.118. The Hall–Kier alpha value is -3.63. The number of aryl methyl sites for hydroxylation is 3. The van der Waals surface area contributed by atoms with Gasteiger partial charge in [-0.1, -0.05) is 60.1 Å². The van der Waals surface area contributed by atoms with Gasteiger partial charge in [-0.2, -0.15) is 0 Å². The topological polar surface area (TPSA) is 50.7 Å². The van der Waals surface area contributed by atoms with Crippen LogP contribution in [0.15, 0.2) is 77.8 Å². The van der Waals surface area contributed by atoms with Crippen LogP contribution in [0.2, 0.25) is 5.02 Å². The van der Waals surface area contributed by atoms with Crippen LogP contribution in [0.4, 0.5) is 11.4 Å². The highest BCUT2D eigenvalue weighted by Crippen LogP contribution is 2.28. The Morgan fingerprint density at radius 2 is 1.76 bits per heavy atom. The van der Waals surface area contributed by atoms with Gasteiger partial charge in [0.2, 0.25) is 0 Å². The number of carbonyl (C=O) groups excluding carboxylic acids is 1. The average molecular weight is 457 g/mol. The summed E-state index contributed by atoms with van der Waals surface area (Å²) in [4.78, 5) is 17.2. The lowest BCUT2D eigenvalue weighted by Gasteiger charge is -2.12. The molecule has 0 spiro atoms. The van der Waals surface area contributed by atoms with E-state index in [1.807, 2.05) is 75.5 Å². The van der Waals surface area contributed by atoms with Crippen LogP contribution < -0.4 is 10.1 Å². The molecule has 0 bridgehead atoms. The zero-order chi connectivity index (χ0) is 23.4. The van der Waals surface area contributed by atoms with Crippen molar-refractivity contribution < 1.29 is 9.53 Å². The van der Waals surface area contributed by atoms with Crippen LogP contribution in [-0.4, -0.2) is 18.7 Å². The molecule has 4 nitrogen and oxygen atoms in total. The summed E-state index contributed by atoms with van der Waals surface area (Å²) in [5.41, 5.74) is 5.57. The first-order chi connectivity index (χ1) is 15.9. The Labute approximate surface area is 198 Å². The van der Waals surface area contributed by atoms with Gasteiger partial charge in [0.1, 0.15) is 5.75 Å². The third-order valence-corrected chi connectivity index (χ3v) is 5.85. The molecule has 1 N–H and O–H groups in total. The number of fused-ring (bicyclic) bond motifs is 1. The number of nitrogens with one attached hydrogen (secondary N) is 1. The van der Waals surface area contributed by atoms with Crippen LogP contribution in [0.25, 0.3) is 10.8 Å². The van der Waals surface area contributed by atoms with Crippen LogP contribution in [0, 0.1) is 20.8 Å². The van der Waals surface area contributed by atoms with Crippen molar-refractivity contribution in [1.82, 2.24) is 0 Å². The molecule has 0 fully saturated rings. The van der Waals surface area contributed by atoms with Gasteiger partial charge in [-0.05, 0) is 72.5 Å². The second-order valence-electron chi connectivity index (χ2n) is 8.05. The Bertz CT molecular complexity index is 1360. The maximum atomic E-state index is 12.5. The number of carbonyl (C=O) groups is 1. The van der Waals surface area contributed by atoms with Gasteiger partial charge in [0, 0.05) is 22.5 Å². The molecule has 4 aromatic rings. The van der Waals surface area contributed by atoms with Gasteiger partial charge in [-0.3, -0.25) is 9.79 Å². The first kappa shape index (κ1) is 22.6. The fraction of sp³-hybridized carbons (Fsp3) is 0.143. The van der Waals surface area contributed by atoms with Crippen molar-refractivity contribution in [3.63, 3.8) is 0 Å². The molecule has 0 aliphatic heterocycles. The third-order valence-electron chi connectivity index (χ3n) is 5.44. The van der Waals surface area contributed by atoms with Crippen molar-refractivity contribution in [3.05, 3.63) is 100 Å². The molecule has 4 aromatic carbocycles. The smallest absolute Gasteiger partial charge is 0.262 e. The number of hydrogen-bond donors (Lipinski definition) is 1. The molecule has 0 saturated carbocycles. The minimum Gasteiger partial charge on any atom is -0.483 e. The summed E-state index contributed by atoms with van der Waals surface area (Å²) in [6, 6.07) is 23.5. The molecular formula is C28H25ClN2O2. The fourth-order valence-electron chi connectivity index (χ4n) is 3.54. The number of benzene rings is 4. The Balaban J connectivity index is 1.59. The Morgan fingerprint density at radius 3 is 2.58 bits per heavy atom. The monoisotopic (exact) mass is 456 g/mol. The number of anilines is 1. The molecule has 0 heterocycles. The highest BCUT2D eigenvalue weighted by molar-refractivity contribution is 6.31. The lowest BCUT2D eigenvalue weighted by Crippen LogP contribution is -2.20. The molecule has 0 aliphatic carbocycles. The second kappa shape index (κ2) is 9.88. The summed E-state index contributed by atoms with van der Waals surface area (Å²) in [7, 11) is 0. The van der Waals surface area contributed by atoms with Crippen molar-refractivity contribution in [2.24, 2.45) is 4.99 Å². The molecule has 5 heteroatoms. The van der Waals surface area contributed by atoms with E-state index in [2.05, 4.69) is 23.5 Å². The molecule has 0 aliphatic rings. The summed E-state index contributed by atoms with van der Waals surface area (Å²) < 4.78 is 5.94. The van der Waals surface area contributed by atoms with E-state index < -0.39 is 0 Å². The van der Waals surface area contributed by atoms with E-state index in [4.69, 9.17) is 21.3 Å². The molecule has 0 unspecified atom stereocenters. The van der Waals surface area contributed by atoms with Crippen molar-refractivity contribution in [2.75, 3.05) is 11.9 Å². The van der Waals surface area contributed by atoms with Crippen LogP contribution in [0.1, 0.15) is 22.3 Å². The quantitative estimate of drug-likeness (QED) is 0.312. The predicted molar refractivity (Wildman–Crippen MR) is 137 cm³/mol. The fourth-order valence-corrected chi connectivity index (χ4v) is 3.72. The van der Waals surface area contributed by atoms with Crippen LogP contribution in [0.3, 0.4) is 0 Å². The molecule has 0 radical (unpaired) electrons. The number of hydrogen-bond acceptors (Lipinski definition) is 3. The molecule has 33 heavy (non-hydrogen) atoms. The molecule has 166 valence electrons. The summed E-state index contributed by atoms with van der Waals surface area (Å²) in [6.45, 7) is 5.87. The average Bonchev–Trinajstić information content (AvgIpc) is 2.81. The van der Waals surface area contributed by atoms with Gasteiger partial charge in [-0.15, -0.1) is 0 Å². The van der Waals surface area contributed by atoms with Gasteiger partial charge in [0.15, 0.2) is 6.61 Å². The third kappa shape index (κ3) is 5.41. The zero-order valence-electron chi connectivity index (χ0n) is 18.9. The first-order valence-electron chi connectivity index (χ1n) is 10.7. The van der Waals surface area contributed by atoms with Gasteiger partial charge in [0.05, 0.1) is 5.69 Å². The van der Waals surface area contributed by atoms with Crippen molar-refractivity contribution in [1.29, 1.82) is 0 Å². The second-order valence-corrected chi connectivity index (χ2v) is 8.45. The maximum absolute atomic E-state index is 12.5. The highest BCUT2D eigenvalue weighted by Gasteiger charge is 2.11. The Morgan fingerprint density at radius 1 is 0.970 bits per heavy atom. The van der Waals surface area contributed by atoms with E-state index in [1.54, 1.807) is 6.07 Å². The normalized spacial score (nSPS) is 11.2. The van der Waals surface area contributed by atoms with E-state index in [-0.39, 0.29) is 12.5 Å². The minimum atomic E-state index is -0.263. The molecule has 4 rings (SSSR count). The van der Waals surface area contributed by atoms with Gasteiger partial charge in [-0.25, -0.2) is 0 Å². The zero-order valence-corrected chi connectivity index (χ0v) is 19.6. The number of amides is 1. The number of nitrogens with zero attached hydrogens (tertiary/aromatic N) is 1. The standard InChI is InChI=1S/C28H25ClN2O2/c1-18-8-9-20(3)26(14-18)30-16-24-23-7-5-4-6-21(23)11-13-27(24)33-17-28(32)31-22-12-10-19(2)25(29)15-22/h4-16H,17H2,1-3H3,(H,31,32). The number of aliphatic imine (C=N–C) groups is 1. The molecule has 0 saturated heterocycles. The van der Waals surface area contributed by atoms with Crippen molar-refractivity contribution >= 4 is 45.9 Å². The molecule has 1 amide bonds. The number of halogens is 1. The van der Waals surface area contributed by atoms with Gasteiger partial charge < -0.3 is 10.1 Å². The lowest BCUT2D eigenvalue weighted by atomic mass is 10.0. The van der Waals surface area contributed by atoms with E-state index >= 15 is 0 Å². The van der Waals surface area contributed by atoms with E-state index in [0.717, 1.165) is 38.7 Å². The van der Waals surface area contributed by atoms with Crippen molar-refractivity contribution in [2.45, 2.75) is 20.8 Å². The summed E-state index contributed by atoms with van der Waals surface area (Å²) >= 11 is 6.16.